The summed E-state index contributed by atoms with van der Waals surface area (Å²) in [6.07, 6.45) is 1.80. The molecule has 6 nitrogen and oxygen atoms in total. The highest BCUT2D eigenvalue weighted by molar-refractivity contribution is 7.11. The van der Waals surface area contributed by atoms with Gasteiger partial charge in [-0.15, -0.1) is 10.2 Å². The van der Waals surface area contributed by atoms with Crippen LogP contribution in [0, 0.1) is 6.92 Å². The lowest BCUT2D eigenvalue weighted by molar-refractivity contribution is 0.0945. The Labute approximate surface area is 109 Å². The first-order valence-electron chi connectivity index (χ1n) is 5.68. The van der Waals surface area contributed by atoms with E-state index in [-0.39, 0.29) is 11.9 Å². The Hall–Kier alpha value is -1.76. The number of rotatable bonds is 4. The standard InChI is InChI=1S/C11H15N5OS/c1-7(2)16-5-4-9(15-16)11(17)12-6-10-14-13-8(3)18-10/h4-5,7H,6H2,1-3H3,(H,12,17). The smallest absolute Gasteiger partial charge is 0.272 e. The van der Waals surface area contributed by atoms with Crippen LogP contribution in [-0.2, 0) is 6.54 Å². The molecule has 1 amide bonds. The highest BCUT2D eigenvalue weighted by Crippen LogP contribution is 2.08. The third kappa shape index (κ3) is 2.92. The molecule has 0 saturated heterocycles. The number of hydrogen-bond donors (Lipinski definition) is 1. The summed E-state index contributed by atoms with van der Waals surface area (Å²) < 4.78 is 1.75. The van der Waals surface area contributed by atoms with Gasteiger partial charge in [0.05, 0.1) is 6.54 Å². The van der Waals surface area contributed by atoms with Crippen molar-refractivity contribution >= 4 is 17.2 Å². The van der Waals surface area contributed by atoms with E-state index < -0.39 is 0 Å². The SMILES string of the molecule is Cc1nnc(CNC(=O)c2ccn(C(C)C)n2)s1. The van der Waals surface area contributed by atoms with Crippen LogP contribution < -0.4 is 5.32 Å². The van der Waals surface area contributed by atoms with Crippen LogP contribution in [0.1, 0.15) is 40.4 Å². The molecule has 18 heavy (non-hydrogen) atoms. The van der Waals surface area contributed by atoms with Crippen LogP contribution in [0.15, 0.2) is 12.3 Å². The third-order valence-corrected chi connectivity index (χ3v) is 3.18. The minimum atomic E-state index is -0.192. The molecule has 0 aliphatic heterocycles. The molecule has 0 saturated carbocycles. The Morgan fingerprint density at radius 2 is 2.28 bits per heavy atom. The van der Waals surface area contributed by atoms with Gasteiger partial charge in [-0.1, -0.05) is 11.3 Å². The molecule has 2 rings (SSSR count). The van der Waals surface area contributed by atoms with Crippen LogP contribution in [0.4, 0.5) is 0 Å². The van der Waals surface area contributed by atoms with Gasteiger partial charge in [0.1, 0.15) is 15.7 Å². The maximum absolute atomic E-state index is 11.8. The van der Waals surface area contributed by atoms with Crippen molar-refractivity contribution in [2.75, 3.05) is 0 Å². The highest BCUT2D eigenvalue weighted by Gasteiger charge is 2.11. The average Bonchev–Trinajstić information content (AvgIpc) is 2.94. The van der Waals surface area contributed by atoms with Gasteiger partial charge in [-0.05, 0) is 26.8 Å². The van der Waals surface area contributed by atoms with Crippen LogP contribution in [0.5, 0.6) is 0 Å². The van der Waals surface area contributed by atoms with Crippen LogP contribution in [0.25, 0.3) is 0 Å². The quantitative estimate of drug-likeness (QED) is 0.910. The first kappa shape index (κ1) is 12.7. The zero-order valence-corrected chi connectivity index (χ0v) is 11.4. The molecule has 0 aliphatic carbocycles. The summed E-state index contributed by atoms with van der Waals surface area (Å²) in [5, 5.41) is 16.5. The number of amides is 1. The van der Waals surface area contributed by atoms with Crippen molar-refractivity contribution in [3.63, 3.8) is 0 Å². The van der Waals surface area contributed by atoms with E-state index in [1.54, 1.807) is 16.9 Å². The summed E-state index contributed by atoms with van der Waals surface area (Å²) in [5.74, 6) is -0.192. The number of aryl methyl sites for hydroxylation is 1. The molecule has 0 unspecified atom stereocenters. The molecule has 0 atom stereocenters. The maximum atomic E-state index is 11.8. The van der Waals surface area contributed by atoms with E-state index in [1.807, 2.05) is 20.8 Å². The van der Waals surface area contributed by atoms with Crippen LogP contribution >= 0.6 is 11.3 Å². The van der Waals surface area contributed by atoms with Crippen molar-refractivity contribution in [1.29, 1.82) is 0 Å². The van der Waals surface area contributed by atoms with Gasteiger partial charge in [0.15, 0.2) is 0 Å². The average molecular weight is 265 g/mol. The number of nitrogens with zero attached hydrogens (tertiary/aromatic N) is 4. The Morgan fingerprint density at radius 3 is 2.83 bits per heavy atom. The predicted octanol–water partition coefficient (Wildman–Crippen LogP) is 1.55. The fourth-order valence-electron chi connectivity index (χ4n) is 1.40. The molecule has 2 aromatic rings. The van der Waals surface area contributed by atoms with Gasteiger partial charge in [0.25, 0.3) is 5.91 Å². The summed E-state index contributed by atoms with van der Waals surface area (Å²) in [7, 11) is 0. The number of carbonyl (C=O) groups is 1. The van der Waals surface area contributed by atoms with E-state index in [2.05, 4.69) is 20.6 Å². The first-order chi connectivity index (χ1) is 8.56. The Kier molecular flexibility index (Phi) is 3.71. The zero-order chi connectivity index (χ0) is 13.1. The molecule has 0 spiro atoms. The lowest BCUT2D eigenvalue weighted by atomic mass is 10.4. The number of nitrogens with one attached hydrogen (secondary N) is 1. The molecule has 2 heterocycles. The fourth-order valence-corrected chi connectivity index (χ4v) is 2.05. The lowest BCUT2D eigenvalue weighted by Crippen LogP contribution is -2.23. The normalized spacial score (nSPS) is 10.9. The molecule has 2 aromatic heterocycles. The van der Waals surface area contributed by atoms with Gasteiger partial charge in [-0.2, -0.15) is 5.10 Å². The minimum absolute atomic E-state index is 0.192. The van der Waals surface area contributed by atoms with Crippen molar-refractivity contribution in [3.05, 3.63) is 28.0 Å². The molecular weight excluding hydrogens is 250 g/mol. The second-order valence-electron chi connectivity index (χ2n) is 4.17. The molecule has 0 bridgehead atoms. The van der Waals surface area contributed by atoms with Gasteiger partial charge in [-0.3, -0.25) is 9.48 Å². The van der Waals surface area contributed by atoms with E-state index in [1.165, 1.54) is 11.3 Å². The summed E-state index contributed by atoms with van der Waals surface area (Å²) >= 11 is 1.47. The van der Waals surface area contributed by atoms with E-state index in [0.29, 0.717) is 12.2 Å². The first-order valence-corrected chi connectivity index (χ1v) is 6.50. The fraction of sp³-hybridized carbons (Fsp3) is 0.455. The lowest BCUT2D eigenvalue weighted by Gasteiger charge is -2.03. The molecular formula is C11H15N5OS. The van der Waals surface area contributed by atoms with Crippen molar-refractivity contribution in [1.82, 2.24) is 25.3 Å². The van der Waals surface area contributed by atoms with Gasteiger partial charge in [-0.25, -0.2) is 0 Å². The number of aromatic nitrogens is 4. The molecule has 7 heteroatoms. The maximum Gasteiger partial charge on any atom is 0.272 e. The second-order valence-corrected chi connectivity index (χ2v) is 5.44. The molecule has 0 fully saturated rings. The number of carbonyl (C=O) groups excluding carboxylic acids is 1. The van der Waals surface area contributed by atoms with Crippen molar-refractivity contribution in [2.45, 2.75) is 33.4 Å². The molecule has 0 aromatic carbocycles. The van der Waals surface area contributed by atoms with Crippen LogP contribution in [-0.4, -0.2) is 25.9 Å². The Bertz CT molecular complexity index is 545. The van der Waals surface area contributed by atoms with Gasteiger partial charge in [0.2, 0.25) is 0 Å². The topological polar surface area (TPSA) is 72.7 Å². The Morgan fingerprint density at radius 1 is 1.50 bits per heavy atom. The second kappa shape index (κ2) is 5.26. The van der Waals surface area contributed by atoms with Crippen molar-refractivity contribution in [2.24, 2.45) is 0 Å². The summed E-state index contributed by atoms with van der Waals surface area (Å²) in [6, 6.07) is 1.96. The molecule has 96 valence electrons. The minimum Gasteiger partial charge on any atom is -0.344 e. The van der Waals surface area contributed by atoms with Gasteiger partial charge >= 0.3 is 0 Å². The monoisotopic (exact) mass is 265 g/mol. The summed E-state index contributed by atoms with van der Waals surface area (Å²) in [4.78, 5) is 11.8. The summed E-state index contributed by atoms with van der Waals surface area (Å²) in [5.41, 5.74) is 0.421. The molecule has 0 radical (unpaired) electrons. The van der Waals surface area contributed by atoms with Crippen molar-refractivity contribution in [3.8, 4) is 0 Å². The van der Waals surface area contributed by atoms with Crippen molar-refractivity contribution < 1.29 is 4.79 Å². The van der Waals surface area contributed by atoms with Gasteiger partial charge < -0.3 is 5.32 Å². The Balaban J connectivity index is 1.95. The third-order valence-electron chi connectivity index (χ3n) is 2.34. The molecule has 0 aliphatic rings. The number of hydrogen-bond acceptors (Lipinski definition) is 5. The largest absolute Gasteiger partial charge is 0.344 e. The summed E-state index contributed by atoms with van der Waals surface area (Å²) in [6.45, 7) is 6.30. The van der Waals surface area contributed by atoms with E-state index in [9.17, 15) is 4.79 Å². The van der Waals surface area contributed by atoms with Gasteiger partial charge in [0, 0.05) is 12.2 Å². The highest BCUT2D eigenvalue weighted by atomic mass is 32.1. The van der Waals surface area contributed by atoms with E-state index in [0.717, 1.165) is 10.0 Å². The zero-order valence-electron chi connectivity index (χ0n) is 10.5. The van der Waals surface area contributed by atoms with Crippen LogP contribution in [0.3, 0.4) is 0 Å². The molecule has 1 N–H and O–H groups in total. The predicted molar refractivity (Wildman–Crippen MR) is 68.4 cm³/mol. The van der Waals surface area contributed by atoms with E-state index >= 15 is 0 Å². The van der Waals surface area contributed by atoms with E-state index in [4.69, 9.17) is 0 Å². The van der Waals surface area contributed by atoms with Crippen LogP contribution in [0.2, 0.25) is 0 Å².